The van der Waals surface area contributed by atoms with E-state index < -0.39 is 0 Å². The Bertz CT molecular complexity index is 308. The quantitative estimate of drug-likeness (QED) is 0.725. The normalized spacial score (nSPS) is 29.1. The van der Waals surface area contributed by atoms with E-state index in [0.717, 1.165) is 6.54 Å². The molecular formula is C12H20N2O2. The fourth-order valence-electron chi connectivity index (χ4n) is 2.69. The average Bonchev–Trinajstić information content (AvgIpc) is 2.77. The van der Waals surface area contributed by atoms with Crippen molar-refractivity contribution in [3.05, 3.63) is 0 Å². The van der Waals surface area contributed by atoms with Crippen molar-refractivity contribution in [1.82, 2.24) is 10.2 Å². The number of rotatable bonds is 3. The molecule has 4 heteroatoms. The highest BCUT2D eigenvalue weighted by atomic mass is 16.2. The van der Waals surface area contributed by atoms with Crippen molar-refractivity contribution in [2.75, 3.05) is 13.6 Å². The third-order valence-electron chi connectivity index (χ3n) is 3.97. The molecule has 4 nitrogen and oxygen atoms in total. The molecule has 0 aromatic carbocycles. The third-order valence-corrected chi connectivity index (χ3v) is 3.97. The van der Waals surface area contributed by atoms with Crippen molar-refractivity contribution >= 4 is 11.8 Å². The Labute approximate surface area is 96.4 Å². The zero-order valence-electron chi connectivity index (χ0n) is 10.1. The van der Waals surface area contributed by atoms with Crippen molar-refractivity contribution in [2.24, 2.45) is 5.41 Å². The Balaban J connectivity index is 1.87. The maximum Gasteiger partial charge on any atom is 0.246 e. The van der Waals surface area contributed by atoms with Crippen LogP contribution in [0.1, 0.15) is 39.0 Å². The Hall–Kier alpha value is -0.900. The lowest BCUT2D eigenvalue weighted by atomic mass is 9.88. The molecular weight excluding hydrogens is 204 g/mol. The molecule has 90 valence electrons. The molecule has 0 aromatic rings. The molecule has 2 amide bonds. The number of likely N-dealkylation sites (tertiary alicyclic amines) is 1. The van der Waals surface area contributed by atoms with Crippen LogP contribution in [0.25, 0.3) is 0 Å². The van der Waals surface area contributed by atoms with Crippen LogP contribution in [0.5, 0.6) is 0 Å². The topological polar surface area (TPSA) is 49.4 Å². The van der Waals surface area contributed by atoms with Crippen molar-refractivity contribution in [3.8, 4) is 0 Å². The summed E-state index contributed by atoms with van der Waals surface area (Å²) in [4.78, 5) is 24.2. The monoisotopic (exact) mass is 224 g/mol. The highest BCUT2D eigenvalue weighted by molar-refractivity contribution is 6.05. The molecule has 1 aliphatic carbocycles. The predicted molar refractivity (Wildman–Crippen MR) is 60.8 cm³/mol. The molecule has 1 aliphatic heterocycles. The van der Waals surface area contributed by atoms with Crippen molar-refractivity contribution < 1.29 is 9.59 Å². The van der Waals surface area contributed by atoms with Crippen molar-refractivity contribution in [3.63, 3.8) is 0 Å². The van der Waals surface area contributed by atoms with Crippen molar-refractivity contribution in [1.29, 1.82) is 0 Å². The highest BCUT2D eigenvalue weighted by Gasteiger charge is 2.37. The van der Waals surface area contributed by atoms with Crippen molar-refractivity contribution in [2.45, 2.75) is 45.1 Å². The lowest BCUT2D eigenvalue weighted by molar-refractivity contribution is -0.137. The maximum atomic E-state index is 11.7. The number of likely N-dealkylation sites (N-methyl/N-ethyl adjacent to an activating group) is 1. The number of nitrogens with zero attached hydrogens (tertiary/aromatic N) is 1. The van der Waals surface area contributed by atoms with Gasteiger partial charge in [0.25, 0.3) is 0 Å². The van der Waals surface area contributed by atoms with E-state index in [4.69, 9.17) is 0 Å². The Morgan fingerprint density at radius 2 is 2.00 bits per heavy atom. The number of nitrogens with one attached hydrogen (secondary N) is 1. The van der Waals surface area contributed by atoms with Crippen LogP contribution in [0.15, 0.2) is 0 Å². The Morgan fingerprint density at radius 3 is 2.50 bits per heavy atom. The van der Waals surface area contributed by atoms with Gasteiger partial charge in [-0.3, -0.25) is 14.5 Å². The summed E-state index contributed by atoms with van der Waals surface area (Å²) in [5.74, 6) is -0.148. The molecule has 0 radical (unpaired) electrons. The van der Waals surface area contributed by atoms with Crippen LogP contribution < -0.4 is 5.32 Å². The second-order valence-electron chi connectivity index (χ2n) is 5.45. The molecule has 1 heterocycles. The zero-order valence-corrected chi connectivity index (χ0v) is 10.1. The Morgan fingerprint density at radius 1 is 1.38 bits per heavy atom. The van der Waals surface area contributed by atoms with Gasteiger partial charge >= 0.3 is 0 Å². The van der Waals surface area contributed by atoms with Gasteiger partial charge in [0, 0.05) is 13.6 Å². The molecule has 1 saturated heterocycles. The first-order chi connectivity index (χ1) is 7.52. The predicted octanol–water partition coefficient (Wildman–Crippen LogP) is 0.914. The second-order valence-corrected chi connectivity index (χ2v) is 5.45. The minimum atomic E-state index is -0.282. The standard InChI is InChI=1S/C12H20N2O2/c1-12(5-3-4-6-12)8-13-9-7-10(15)14(2)11(9)16/h9,13H,3-8H2,1-2H3. The second kappa shape index (κ2) is 4.17. The van der Waals surface area contributed by atoms with E-state index in [0.29, 0.717) is 11.8 Å². The van der Waals surface area contributed by atoms with Crippen LogP contribution in [-0.4, -0.2) is 36.3 Å². The summed E-state index contributed by atoms with van der Waals surface area (Å²) in [5.41, 5.74) is 0.324. The zero-order chi connectivity index (χ0) is 11.8. The summed E-state index contributed by atoms with van der Waals surface area (Å²) < 4.78 is 0. The lowest BCUT2D eigenvalue weighted by Crippen LogP contribution is -2.41. The summed E-state index contributed by atoms with van der Waals surface area (Å²) in [7, 11) is 1.56. The largest absolute Gasteiger partial charge is 0.305 e. The molecule has 2 aliphatic rings. The summed E-state index contributed by atoms with van der Waals surface area (Å²) in [5, 5.41) is 3.26. The number of amides is 2. The van der Waals surface area contributed by atoms with Crippen LogP contribution in [0.2, 0.25) is 0 Å². The van der Waals surface area contributed by atoms with Gasteiger partial charge in [-0.05, 0) is 18.3 Å². The Kier molecular flexibility index (Phi) is 3.02. The average molecular weight is 224 g/mol. The molecule has 1 unspecified atom stereocenters. The van der Waals surface area contributed by atoms with Gasteiger partial charge in [0.15, 0.2) is 0 Å². The van der Waals surface area contributed by atoms with E-state index in [1.54, 1.807) is 7.05 Å². The number of carbonyl (C=O) groups is 2. The van der Waals surface area contributed by atoms with Gasteiger partial charge in [-0.25, -0.2) is 0 Å². The summed E-state index contributed by atoms with van der Waals surface area (Å²) in [6.45, 7) is 3.11. The van der Waals surface area contributed by atoms with E-state index in [1.165, 1.54) is 30.6 Å². The van der Waals surface area contributed by atoms with E-state index in [2.05, 4.69) is 12.2 Å². The van der Waals surface area contributed by atoms with Crippen LogP contribution in [0.3, 0.4) is 0 Å². The smallest absolute Gasteiger partial charge is 0.246 e. The van der Waals surface area contributed by atoms with Crippen LogP contribution >= 0.6 is 0 Å². The first kappa shape index (κ1) is 11.6. The van der Waals surface area contributed by atoms with E-state index in [1.807, 2.05) is 0 Å². The third kappa shape index (κ3) is 2.12. The molecule has 16 heavy (non-hydrogen) atoms. The number of hydrogen-bond acceptors (Lipinski definition) is 3. The summed E-state index contributed by atoms with van der Waals surface area (Å²) in [6, 6.07) is -0.282. The molecule has 0 spiro atoms. The molecule has 0 bridgehead atoms. The SMILES string of the molecule is CN1C(=O)CC(NCC2(C)CCCC2)C1=O. The van der Waals surface area contributed by atoms with Crippen LogP contribution in [0, 0.1) is 5.41 Å². The number of imide groups is 1. The minimum absolute atomic E-state index is 0.0703. The fraction of sp³-hybridized carbons (Fsp3) is 0.833. The number of hydrogen-bond donors (Lipinski definition) is 1. The van der Waals surface area contributed by atoms with Gasteiger partial charge < -0.3 is 5.32 Å². The highest BCUT2D eigenvalue weighted by Crippen LogP contribution is 2.36. The van der Waals surface area contributed by atoms with E-state index in [-0.39, 0.29) is 17.9 Å². The molecule has 0 aromatic heterocycles. The first-order valence-electron chi connectivity index (χ1n) is 6.06. The number of carbonyl (C=O) groups excluding carboxylic acids is 2. The van der Waals surface area contributed by atoms with Gasteiger partial charge in [0.2, 0.25) is 11.8 Å². The molecule has 2 fully saturated rings. The molecule has 2 rings (SSSR count). The van der Waals surface area contributed by atoms with Crippen LogP contribution in [0.4, 0.5) is 0 Å². The maximum absolute atomic E-state index is 11.7. The van der Waals surface area contributed by atoms with Gasteiger partial charge in [-0.1, -0.05) is 19.8 Å². The summed E-state index contributed by atoms with van der Waals surface area (Å²) >= 11 is 0. The van der Waals surface area contributed by atoms with E-state index in [9.17, 15) is 9.59 Å². The van der Waals surface area contributed by atoms with Gasteiger partial charge in [-0.15, -0.1) is 0 Å². The van der Waals surface area contributed by atoms with Crippen LogP contribution in [-0.2, 0) is 9.59 Å². The molecule has 1 atom stereocenters. The summed E-state index contributed by atoms with van der Waals surface area (Å²) in [6.07, 6.45) is 5.35. The minimum Gasteiger partial charge on any atom is -0.305 e. The fourth-order valence-corrected chi connectivity index (χ4v) is 2.69. The van der Waals surface area contributed by atoms with Gasteiger partial charge in [0.1, 0.15) is 0 Å². The lowest BCUT2D eigenvalue weighted by Gasteiger charge is -2.25. The van der Waals surface area contributed by atoms with E-state index >= 15 is 0 Å². The molecule has 1 N–H and O–H groups in total. The first-order valence-corrected chi connectivity index (χ1v) is 6.06. The molecule has 1 saturated carbocycles. The van der Waals surface area contributed by atoms with Gasteiger partial charge in [0.05, 0.1) is 12.5 Å². The van der Waals surface area contributed by atoms with Gasteiger partial charge in [-0.2, -0.15) is 0 Å².